The van der Waals surface area contributed by atoms with Crippen LogP contribution in [0.15, 0.2) is 84.9 Å². The molecule has 0 aliphatic carbocycles. The minimum Gasteiger partial charge on any atom is -0.462 e. The quantitative estimate of drug-likeness (QED) is 0.313. The zero-order valence-corrected chi connectivity index (χ0v) is 18.4. The average molecular weight is 430 g/mol. The molecular weight excluding hydrogens is 406 g/mol. The van der Waals surface area contributed by atoms with Crippen LogP contribution in [-0.2, 0) is 11.2 Å². The molecule has 0 saturated carbocycles. The van der Waals surface area contributed by atoms with Crippen molar-refractivity contribution in [2.75, 3.05) is 6.61 Å². The van der Waals surface area contributed by atoms with Crippen molar-refractivity contribution in [3.63, 3.8) is 0 Å². The van der Waals surface area contributed by atoms with E-state index in [0.29, 0.717) is 23.6 Å². The molecule has 3 aromatic carbocycles. The first kappa shape index (κ1) is 21.0. The minimum absolute atomic E-state index is 0.317. The van der Waals surface area contributed by atoms with E-state index in [1.165, 1.54) is 0 Å². The first-order chi connectivity index (χ1) is 15.1. The van der Waals surface area contributed by atoms with Crippen LogP contribution in [0.4, 0.5) is 0 Å². The molecule has 1 aromatic heterocycles. The Morgan fingerprint density at radius 3 is 2.26 bits per heavy atom. The van der Waals surface area contributed by atoms with Crippen LogP contribution in [0.1, 0.15) is 34.2 Å². The van der Waals surface area contributed by atoms with Gasteiger partial charge >= 0.3 is 5.97 Å². The second kappa shape index (κ2) is 9.23. The SMILES string of the molecule is CCOC(=O)c1c(-c2cccc(Cl)c2)c(Cc2ccccc2)n(-c2ccccc2)c1C. The molecule has 0 atom stereocenters. The molecule has 4 aromatic rings. The van der Waals surface area contributed by atoms with Crippen LogP contribution in [0, 0.1) is 6.92 Å². The molecule has 0 radical (unpaired) electrons. The van der Waals surface area contributed by atoms with Crippen molar-refractivity contribution in [2.45, 2.75) is 20.3 Å². The van der Waals surface area contributed by atoms with Gasteiger partial charge in [-0.1, -0.05) is 72.3 Å². The number of para-hydroxylation sites is 1. The summed E-state index contributed by atoms with van der Waals surface area (Å²) in [5.41, 5.74) is 6.40. The number of carbonyl (C=O) groups excluding carboxylic acids is 1. The number of hydrogen-bond donors (Lipinski definition) is 0. The van der Waals surface area contributed by atoms with E-state index in [0.717, 1.165) is 33.8 Å². The lowest BCUT2D eigenvalue weighted by Gasteiger charge is -2.14. The van der Waals surface area contributed by atoms with Gasteiger partial charge in [0.25, 0.3) is 0 Å². The molecule has 31 heavy (non-hydrogen) atoms. The third kappa shape index (κ3) is 4.28. The zero-order chi connectivity index (χ0) is 21.8. The average Bonchev–Trinajstić information content (AvgIpc) is 3.07. The second-order valence-electron chi connectivity index (χ2n) is 7.35. The number of rotatable bonds is 6. The van der Waals surface area contributed by atoms with Crippen LogP contribution >= 0.6 is 11.6 Å². The van der Waals surface area contributed by atoms with Gasteiger partial charge in [0.05, 0.1) is 12.2 Å². The predicted molar refractivity (Wildman–Crippen MR) is 126 cm³/mol. The van der Waals surface area contributed by atoms with Crippen molar-refractivity contribution in [1.29, 1.82) is 0 Å². The van der Waals surface area contributed by atoms with Crippen LogP contribution in [0.3, 0.4) is 0 Å². The Morgan fingerprint density at radius 1 is 0.935 bits per heavy atom. The van der Waals surface area contributed by atoms with Crippen molar-refractivity contribution in [3.05, 3.63) is 112 Å². The highest BCUT2D eigenvalue weighted by Gasteiger charge is 2.28. The van der Waals surface area contributed by atoms with Crippen LogP contribution in [0.2, 0.25) is 5.02 Å². The summed E-state index contributed by atoms with van der Waals surface area (Å²) < 4.78 is 7.63. The summed E-state index contributed by atoms with van der Waals surface area (Å²) in [7, 11) is 0. The fraction of sp³-hybridized carbons (Fsp3) is 0.148. The van der Waals surface area contributed by atoms with Crippen LogP contribution < -0.4 is 0 Å². The van der Waals surface area contributed by atoms with Gasteiger partial charge in [-0.05, 0) is 49.2 Å². The second-order valence-corrected chi connectivity index (χ2v) is 7.78. The summed E-state index contributed by atoms with van der Waals surface area (Å²) >= 11 is 6.34. The van der Waals surface area contributed by atoms with Crippen molar-refractivity contribution >= 4 is 17.6 Å². The molecule has 0 aliphatic rings. The van der Waals surface area contributed by atoms with Crippen molar-refractivity contribution in [3.8, 4) is 16.8 Å². The summed E-state index contributed by atoms with van der Waals surface area (Å²) in [6.07, 6.45) is 0.665. The third-order valence-electron chi connectivity index (χ3n) is 5.33. The highest BCUT2D eigenvalue weighted by Crippen LogP contribution is 2.37. The Kier molecular flexibility index (Phi) is 6.24. The number of ether oxygens (including phenoxy) is 1. The van der Waals surface area contributed by atoms with E-state index in [2.05, 4.69) is 28.8 Å². The normalized spacial score (nSPS) is 10.8. The molecule has 0 spiro atoms. The van der Waals surface area contributed by atoms with E-state index >= 15 is 0 Å². The Hall–Kier alpha value is -3.30. The molecular formula is C27H24ClNO2. The minimum atomic E-state index is -0.320. The smallest absolute Gasteiger partial charge is 0.340 e. The molecule has 0 amide bonds. The molecule has 0 fully saturated rings. The van der Waals surface area contributed by atoms with E-state index in [1.807, 2.05) is 74.5 Å². The molecule has 0 saturated heterocycles. The van der Waals surface area contributed by atoms with Gasteiger partial charge < -0.3 is 9.30 Å². The lowest BCUT2D eigenvalue weighted by molar-refractivity contribution is 0.0526. The van der Waals surface area contributed by atoms with E-state index in [1.54, 1.807) is 0 Å². The molecule has 4 heteroatoms. The first-order valence-electron chi connectivity index (χ1n) is 10.4. The number of aromatic nitrogens is 1. The summed E-state index contributed by atoms with van der Waals surface area (Å²) in [6, 6.07) is 28.0. The maximum Gasteiger partial charge on any atom is 0.340 e. The topological polar surface area (TPSA) is 31.2 Å². The van der Waals surface area contributed by atoms with Gasteiger partial charge in [-0.3, -0.25) is 0 Å². The fourth-order valence-corrected chi connectivity index (χ4v) is 4.23. The van der Waals surface area contributed by atoms with E-state index in [9.17, 15) is 4.79 Å². The highest BCUT2D eigenvalue weighted by molar-refractivity contribution is 6.30. The zero-order valence-electron chi connectivity index (χ0n) is 17.6. The highest BCUT2D eigenvalue weighted by atomic mass is 35.5. The van der Waals surface area contributed by atoms with E-state index < -0.39 is 0 Å². The molecule has 3 nitrogen and oxygen atoms in total. The molecule has 0 N–H and O–H groups in total. The molecule has 4 rings (SSSR count). The number of carbonyl (C=O) groups is 1. The third-order valence-corrected chi connectivity index (χ3v) is 5.56. The van der Waals surface area contributed by atoms with Gasteiger partial charge in [0, 0.05) is 34.1 Å². The van der Waals surface area contributed by atoms with E-state index in [-0.39, 0.29) is 5.97 Å². The van der Waals surface area contributed by atoms with Crippen LogP contribution in [0.5, 0.6) is 0 Å². The molecule has 1 heterocycles. The Morgan fingerprint density at radius 2 is 1.61 bits per heavy atom. The molecule has 0 unspecified atom stereocenters. The largest absolute Gasteiger partial charge is 0.462 e. The molecule has 156 valence electrons. The van der Waals surface area contributed by atoms with Gasteiger partial charge in [-0.2, -0.15) is 0 Å². The number of nitrogens with zero attached hydrogens (tertiary/aromatic N) is 1. The van der Waals surface area contributed by atoms with Crippen LogP contribution in [-0.4, -0.2) is 17.1 Å². The van der Waals surface area contributed by atoms with Crippen molar-refractivity contribution in [1.82, 2.24) is 4.57 Å². The van der Waals surface area contributed by atoms with Gasteiger partial charge in [0.2, 0.25) is 0 Å². The maximum absolute atomic E-state index is 13.1. The Bertz CT molecular complexity index is 1200. The van der Waals surface area contributed by atoms with Gasteiger partial charge in [0.1, 0.15) is 0 Å². The van der Waals surface area contributed by atoms with Gasteiger partial charge in [0.15, 0.2) is 0 Å². The number of esters is 1. The van der Waals surface area contributed by atoms with Crippen LogP contribution in [0.25, 0.3) is 16.8 Å². The standard InChI is InChI=1S/C27H24ClNO2/c1-3-31-27(30)25-19(2)29(23-15-8-5-9-16-23)24(17-20-11-6-4-7-12-20)26(25)21-13-10-14-22(28)18-21/h4-16,18H,3,17H2,1-2H3. The van der Waals surface area contributed by atoms with Gasteiger partial charge in [-0.25, -0.2) is 4.79 Å². The Balaban J connectivity index is 2.05. The summed E-state index contributed by atoms with van der Waals surface area (Å²) in [4.78, 5) is 13.1. The van der Waals surface area contributed by atoms with Crippen molar-refractivity contribution in [2.24, 2.45) is 0 Å². The Labute approximate surface area is 187 Å². The van der Waals surface area contributed by atoms with E-state index in [4.69, 9.17) is 16.3 Å². The summed E-state index contributed by atoms with van der Waals surface area (Å²) in [5, 5.41) is 0.628. The summed E-state index contributed by atoms with van der Waals surface area (Å²) in [6.45, 7) is 4.12. The molecule has 0 bridgehead atoms. The number of benzene rings is 3. The summed E-state index contributed by atoms with van der Waals surface area (Å²) in [5.74, 6) is -0.320. The van der Waals surface area contributed by atoms with Crippen molar-refractivity contribution < 1.29 is 9.53 Å². The number of hydrogen-bond acceptors (Lipinski definition) is 2. The monoisotopic (exact) mass is 429 g/mol. The lowest BCUT2D eigenvalue weighted by atomic mass is 9.97. The first-order valence-corrected chi connectivity index (χ1v) is 10.7. The molecule has 0 aliphatic heterocycles. The fourth-order valence-electron chi connectivity index (χ4n) is 4.04. The predicted octanol–water partition coefficient (Wildman–Crippen LogP) is 6.87. The maximum atomic E-state index is 13.1. The number of halogens is 1. The lowest BCUT2D eigenvalue weighted by Crippen LogP contribution is -2.07. The van der Waals surface area contributed by atoms with Gasteiger partial charge in [-0.15, -0.1) is 0 Å².